The minimum atomic E-state index is -0.0674. The van der Waals surface area contributed by atoms with E-state index >= 15 is 0 Å². The molecule has 0 saturated heterocycles. The molecule has 2 aliphatic rings. The van der Waals surface area contributed by atoms with E-state index in [1.54, 1.807) is 0 Å². The van der Waals surface area contributed by atoms with Crippen LogP contribution in [0.3, 0.4) is 0 Å². The molecule has 1 aliphatic carbocycles. The summed E-state index contributed by atoms with van der Waals surface area (Å²) in [6.07, 6.45) is 5.95. The van der Waals surface area contributed by atoms with Gasteiger partial charge in [0.2, 0.25) is 0 Å². The first kappa shape index (κ1) is 9.97. The minimum Gasteiger partial charge on any atom is -0.392 e. The van der Waals surface area contributed by atoms with Gasteiger partial charge in [0.15, 0.2) is 6.10 Å². The summed E-state index contributed by atoms with van der Waals surface area (Å²) in [5.74, 6) is 1.44. The fourth-order valence-electron chi connectivity index (χ4n) is 2.53. The molecule has 1 heterocycles. The Morgan fingerprint density at radius 1 is 1.50 bits per heavy atom. The summed E-state index contributed by atoms with van der Waals surface area (Å²) in [7, 11) is 0. The number of aliphatic hydroxyl groups is 1. The Morgan fingerprint density at radius 2 is 2.36 bits per heavy atom. The average molecular weight is 197 g/mol. The van der Waals surface area contributed by atoms with Crippen molar-refractivity contribution in [3.8, 4) is 0 Å². The van der Waals surface area contributed by atoms with E-state index in [0.29, 0.717) is 5.92 Å². The van der Waals surface area contributed by atoms with Crippen molar-refractivity contribution in [1.82, 2.24) is 0 Å². The third-order valence-electron chi connectivity index (χ3n) is 3.37. The molecule has 1 N–H and O–H groups in total. The fraction of sp³-hybridized carbons (Fsp3) is 0.909. The van der Waals surface area contributed by atoms with Crippen molar-refractivity contribution in [3.05, 3.63) is 0 Å². The number of aliphatic hydroxyl groups excluding tert-OH is 1. The van der Waals surface area contributed by atoms with E-state index in [4.69, 9.17) is 9.94 Å². The largest absolute Gasteiger partial charge is 0.392 e. The Labute approximate surface area is 85.1 Å². The topological polar surface area (TPSA) is 41.8 Å². The predicted molar refractivity (Wildman–Crippen MR) is 55.1 cm³/mol. The molecular formula is C11H19NO2. The van der Waals surface area contributed by atoms with Gasteiger partial charge in [-0.25, -0.2) is 0 Å². The first-order valence-corrected chi connectivity index (χ1v) is 5.63. The highest BCUT2D eigenvalue weighted by Crippen LogP contribution is 2.32. The van der Waals surface area contributed by atoms with Crippen LogP contribution in [-0.4, -0.2) is 23.5 Å². The van der Waals surface area contributed by atoms with Crippen molar-refractivity contribution in [2.45, 2.75) is 45.1 Å². The van der Waals surface area contributed by atoms with Gasteiger partial charge in [-0.3, -0.25) is 0 Å². The molecule has 0 spiro atoms. The summed E-state index contributed by atoms with van der Waals surface area (Å²) in [5, 5.41) is 13.0. The van der Waals surface area contributed by atoms with Gasteiger partial charge in [0.25, 0.3) is 0 Å². The van der Waals surface area contributed by atoms with Gasteiger partial charge in [-0.15, -0.1) is 0 Å². The van der Waals surface area contributed by atoms with Gasteiger partial charge >= 0.3 is 0 Å². The summed E-state index contributed by atoms with van der Waals surface area (Å²) in [6.45, 7) is 2.40. The van der Waals surface area contributed by atoms with Crippen LogP contribution in [0.4, 0.5) is 0 Å². The lowest BCUT2D eigenvalue weighted by Gasteiger charge is -2.25. The second-order valence-corrected chi connectivity index (χ2v) is 4.67. The van der Waals surface area contributed by atoms with Crippen LogP contribution in [0.5, 0.6) is 0 Å². The van der Waals surface area contributed by atoms with Crippen LogP contribution in [0.25, 0.3) is 0 Å². The summed E-state index contributed by atoms with van der Waals surface area (Å²) in [4.78, 5) is 5.14. The monoisotopic (exact) mass is 197 g/mol. The molecule has 3 atom stereocenters. The van der Waals surface area contributed by atoms with Crippen LogP contribution < -0.4 is 0 Å². The van der Waals surface area contributed by atoms with Gasteiger partial charge in [-0.05, 0) is 18.8 Å². The molecule has 1 saturated carbocycles. The highest BCUT2D eigenvalue weighted by Gasteiger charge is 2.29. The summed E-state index contributed by atoms with van der Waals surface area (Å²) >= 11 is 0. The van der Waals surface area contributed by atoms with Crippen LogP contribution in [0.2, 0.25) is 0 Å². The Morgan fingerprint density at radius 3 is 3.00 bits per heavy atom. The average Bonchev–Trinajstić information content (AvgIpc) is 2.66. The lowest BCUT2D eigenvalue weighted by Crippen LogP contribution is -2.22. The standard InChI is InChI=1S/C11H19NO2/c1-8-3-2-4-9(5-8)11-6-10(7-13)14-12-11/h8-10,13H,2-7H2,1H3. The molecule has 3 heteroatoms. The summed E-state index contributed by atoms with van der Waals surface area (Å²) < 4.78 is 0. The first-order valence-electron chi connectivity index (χ1n) is 5.63. The molecule has 0 aromatic rings. The zero-order valence-corrected chi connectivity index (χ0v) is 8.78. The maximum absolute atomic E-state index is 8.94. The van der Waals surface area contributed by atoms with E-state index in [1.807, 2.05) is 0 Å². The van der Waals surface area contributed by atoms with Gasteiger partial charge in [0.1, 0.15) is 0 Å². The number of hydrogen-bond donors (Lipinski definition) is 1. The summed E-state index contributed by atoms with van der Waals surface area (Å²) in [5.41, 5.74) is 1.19. The van der Waals surface area contributed by atoms with Gasteiger partial charge in [-0.2, -0.15) is 0 Å². The SMILES string of the molecule is CC1CCCC(C2=NOC(CO)C2)C1. The molecule has 3 nitrogen and oxygen atoms in total. The number of rotatable bonds is 2. The zero-order valence-electron chi connectivity index (χ0n) is 8.78. The highest BCUT2D eigenvalue weighted by atomic mass is 16.6. The molecule has 0 aromatic carbocycles. The molecule has 3 unspecified atom stereocenters. The van der Waals surface area contributed by atoms with Crippen LogP contribution in [0.15, 0.2) is 5.16 Å². The van der Waals surface area contributed by atoms with Crippen molar-refractivity contribution >= 4 is 5.71 Å². The normalized spacial score (nSPS) is 37.9. The van der Waals surface area contributed by atoms with Crippen LogP contribution in [0.1, 0.15) is 39.0 Å². The van der Waals surface area contributed by atoms with Gasteiger partial charge in [0.05, 0.1) is 12.3 Å². The van der Waals surface area contributed by atoms with E-state index in [2.05, 4.69) is 12.1 Å². The van der Waals surface area contributed by atoms with E-state index in [1.165, 1.54) is 31.4 Å². The Kier molecular flexibility index (Phi) is 3.06. The van der Waals surface area contributed by atoms with Gasteiger partial charge < -0.3 is 9.94 Å². The molecular weight excluding hydrogens is 178 g/mol. The van der Waals surface area contributed by atoms with Gasteiger partial charge in [-0.1, -0.05) is 24.9 Å². The Bertz CT molecular complexity index is 227. The number of oxime groups is 1. The second-order valence-electron chi connectivity index (χ2n) is 4.67. The highest BCUT2D eigenvalue weighted by molar-refractivity contribution is 5.87. The first-order chi connectivity index (χ1) is 6.79. The maximum atomic E-state index is 8.94. The van der Waals surface area contributed by atoms with Crippen LogP contribution in [-0.2, 0) is 4.84 Å². The van der Waals surface area contributed by atoms with E-state index < -0.39 is 0 Å². The third-order valence-corrected chi connectivity index (χ3v) is 3.37. The Hall–Kier alpha value is -0.570. The zero-order chi connectivity index (χ0) is 9.97. The molecule has 1 aliphatic heterocycles. The molecule has 1 fully saturated rings. The quantitative estimate of drug-likeness (QED) is 0.735. The molecule has 80 valence electrons. The molecule has 2 rings (SSSR count). The van der Waals surface area contributed by atoms with Crippen molar-refractivity contribution < 1.29 is 9.94 Å². The van der Waals surface area contributed by atoms with Gasteiger partial charge in [0, 0.05) is 12.3 Å². The smallest absolute Gasteiger partial charge is 0.155 e. The molecule has 0 bridgehead atoms. The van der Waals surface area contributed by atoms with Crippen molar-refractivity contribution in [2.24, 2.45) is 17.0 Å². The maximum Gasteiger partial charge on any atom is 0.155 e. The second kappa shape index (κ2) is 4.30. The third kappa shape index (κ3) is 2.08. The lowest BCUT2D eigenvalue weighted by atomic mass is 9.79. The molecule has 14 heavy (non-hydrogen) atoms. The molecule has 0 radical (unpaired) electrons. The molecule has 0 amide bonds. The van der Waals surface area contributed by atoms with E-state index in [0.717, 1.165) is 12.3 Å². The van der Waals surface area contributed by atoms with Crippen molar-refractivity contribution in [1.29, 1.82) is 0 Å². The van der Waals surface area contributed by atoms with Crippen LogP contribution >= 0.6 is 0 Å². The minimum absolute atomic E-state index is 0.0674. The van der Waals surface area contributed by atoms with Crippen molar-refractivity contribution in [3.63, 3.8) is 0 Å². The number of hydrogen-bond acceptors (Lipinski definition) is 3. The molecule has 0 aromatic heterocycles. The lowest BCUT2D eigenvalue weighted by molar-refractivity contribution is 0.0390. The Balaban J connectivity index is 1.89. The van der Waals surface area contributed by atoms with Crippen molar-refractivity contribution in [2.75, 3.05) is 6.61 Å². The van der Waals surface area contributed by atoms with Crippen LogP contribution in [0, 0.1) is 11.8 Å². The van der Waals surface area contributed by atoms with E-state index in [9.17, 15) is 0 Å². The fourth-order valence-corrected chi connectivity index (χ4v) is 2.53. The predicted octanol–water partition coefficient (Wildman–Crippen LogP) is 1.95. The summed E-state index contributed by atoms with van der Waals surface area (Å²) in [6, 6.07) is 0. The van der Waals surface area contributed by atoms with E-state index in [-0.39, 0.29) is 12.7 Å². The number of nitrogens with zero attached hydrogens (tertiary/aromatic N) is 1.